The van der Waals surface area contributed by atoms with Crippen molar-refractivity contribution in [1.29, 1.82) is 0 Å². The van der Waals surface area contributed by atoms with Crippen LogP contribution in [-0.4, -0.2) is 34.0 Å². The minimum atomic E-state index is -1.24. The number of benzene rings is 1. The second-order valence-electron chi connectivity index (χ2n) is 6.53. The van der Waals surface area contributed by atoms with Gasteiger partial charge in [0.2, 0.25) is 11.8 Å². The Kier molecular flexibility index (Phi) is 4.37. The molecule has 0 spiro atoms. The van der Waals surface area contributed by atoms with Gasteiger partial charge in [0, 0.05) is 23.8 Å². The number of halogens is 3. The minimum absolute atomic E-state index is 0.0398. The zero-order valence-electron chi connectivity index (χ0n) is 14.1. The molecule has 1 aromatic carbocycles. The number of fused-ring (bicyclic) bond motifs is 1. The predicted octanol–water partition coefficient (Wildman–Crippen LogP) is 1.91. The summed E-state index contributed by atoms with van der Waals surface area (Å²) >= 11 is 1.37. The lowest BCUT2D eigenvalue weighted by Crippen LogP contribution is -2.40. The number of anilines is 1. The van der Waals surface area contributed by atoms with Crippen molar-refractivity contribution in [3.63, 3.8) is 0 Å². The van der Waals surface area contributed by atoms with Gasteiger partial charge in [-0.15, -0.1) is 0 Å². The SMILES string of the molecule is NC1=NC2(c3ccccc3F)CN(c3nc(CF)c(F)c(=O)[nH]3)CC2CS1. The van der Waals surface area contributed by atoms with Crippen LogP contribution in [0.5, 0.6) is 0 Å². The number of amidine groups is 1. The smallest absolute Gasteiger partial charge is 0.288 e. The highest BCUT2D eigenvalue weighted by Gasteiger charge is 2.51. The molecule has 3 N–H and O–H groups in total. The first-order valence-corrected chi connectivity index (χ1v) is 9.26. The summed E-state index contributed by atoms with van der Waals surface area (Å²) in [5.41, 5.74) is 3.78. The quantitative estimate of drug-likeness (QED) is 0.829. The van der Waals surface area contributed by atoms with Crippen molar-refractivity contribution in [1.82, 2.24) is 9.97 Å². The summed E-state index contributed by atoms with van der Waals surface area (Å²) in [4.78, 5) is 24.2. The first kappa shape index (κ1) is 17.9. The van der Waals surface area contributed by atoms with E-state index in [1.165, 1.54) is 17.8 Å². The number of aromatic amines is 1. The average molecular weight is 395 g/mol. The maximum absolute atomic E-state index is 14.6. The number of nitrogens with two attached hydrogens (primary N) is 1. The maximum Gasteiger partial charge on any atom is 0.288 e. The van der Waals surface area contributed by atoms with E-state index in [4.69, 9.17) is 5.73 Å². The summed E-state index contributed by atoms with van der Waals surface area (Å²) in [6.07, 6.45) is 0. The summed E-state index contributed by atoms with van der Waals surface area (Å²) in [5.74, 6) is -1.12. The van der Waals surface area contributed by atoms with Crippen molar-refractivity contribution in [3.8, 4) is 0 Å². The molecule has 0 aliphatic carbocycles. The number of nitrogens with zero attached hydrogens (tertiary/aromatic N) is 3. The van der Waals surface area contributed by atoms with Crippen LogP contribution in [0.3, 0.4) is 0 Å². The second kappa shape index (κ2) is 6.59. The lowest BCUT2D eigenvalue weighted by atomic mass is 9.81. The fourth-order valence-corrected chi connectivity index (χ4v) is 4.68. The van der Waals surface area contributed by atoms with Crippen LogP contribution in [0.4, 0.5) is 19.1 Å². The third-order valence-corrected chi connectivity index (χ3v) is 5.93. The van der Waals surface area contributed by atoms with E-state index in [0.29, 0.717) is 23.0 Å². The molecule has 0 saturated carbocycles. The fourth-order valence-electron chi connectivity index (χ4n) is 3.70. The molecule has 2 atom stereocenters. The summed E-state index contributed by atoms with van der Waals surface area (Å²) in [6, 6.07) is 6.33. The molecule has 1 fully saturated rings. The van der Waals surface area contributed by atoms with Gasteiger partial charge in [-0.05, 0) is 6.07 Å². The van der Waals surface area contributed by atoms with E-state index in [2.05, 4.69) is 15.0 Å². The molecule has 2 aromatic rings. The number of hydrogen-bond donors (Lipinski definition) is 2. The number of aliphatic imine (C=N–C) groups is 1. The molecule has 0 bridgehead atoms. The highest BCUT2D eigenvalue weighted by atomic mass is 32.2. The molecule has 1 aromatic heterocycles. The van der Waals surface area contributed by atoms with Crippen molar-refractivity contribution in [2.24, 2.45) is 16.6 Å². The number of alkyl halides is 1. The normalized spacial score (nSPS) is 24.6. The van der Waals surface area contributed by atoms with Crippen LogP contribution >= 0.6 is 11.8 Å². The Morgan fingerprint density at radius 2 is 2.15 bits per heavy atom. The van der Waals surface area contributed by atoms with Gasteiger partial charge in [0.25, 0.3) is 5.56 Å². The van der Waals surface area contributed by atoms with E-state index in [1.54, 1.807) is 23.1 Å². The van der Waals surface area contributed by atoms with Crippen LogP contribution < -0.4 is 16.2 Å². The number of nitrogens with one attached hydrogen (secondary N) is 1. The van der Waals surface area contributed by atoms with Crippen molar-refractivity contribution in [2.45, 2.75) is 12.2 Å². The molecule has 2 aliphatic rings. The van der Waals surface area contributed by atoms with Crippen LogP contribution in [0.15, 0.2) is 34.1 Å². The van der Waals surface area contributed by atoms with Gasteiger partial charge in [-0.25, -0.2) is 18.8 Å². The average Bonchev–Trinajstić information content (AvgIpc) is 3.03. The largest absolute Gasteiger partial charge is 0.379 e. The molecule has 0 amide bonds. The molecule has 2 unspecified atom stereocenters. The molecule has 142 valence electrons. The number of rotatable bonds is 3. The lowest BCUT2D eigenvalue weighted by Gasteiger charge is -2.34. The van der Waals surface area contributed by atoms with Crippen molar-refractivity contribution < 1.29 is 13.2 Å². The molecule has 3 heterocycles. The molecule has 1 saturated heterocycles. The molecular weight excluding hydrogens is 379 g/mol. The van der Waals surface area contributed by atoms with Gasteiger partial charge < -0.3 is 10.6 Å². The lowest BCUT2D eigenvalue weighted by molar-refractivity contribution is 0.371. The second-order valence-corrected chi connectivity index (χ2v) is 7.57. The Hall–Kier alpha value is -2.49. The van der Waals surface area contributed by atoms with E-state index >= 15 is 0 Å². The Bertz CT molecular complexity index is 981. The van der Waals surface area contributed by atoms with Crippen LogP contribution in [0.1, 0.15) is 11.3 Å². The first-order valence-electron chi connectivity index (χ1n) is 8.27. The van der Waals surface area contributed by atoms with Gasteiger partial charge in [0.05, 0.1) is 6.54 Å². The number of thioether (sulfide) groups is 1. The zero-order valence-corrected chi connectivity index (χ0v) is 14.9. The number of H-pyrrole nitrogens is 1. The molecule has 4 rings (SSSR count). The molecule has 27 heavy (non-hydrogen) atoms. The van der Waals surface area contributed by atoms with E-state index in [0.717, 1.165) is 0 Å². The van der Waals surface area contributed by atoms with Gasteiger partial charge in [-0.2, -0.15) is 4.39 Å². The Morgan fingerprint density at radius 1 is 1.37 bits per heavy atom. The van der Waals surface area contributed by atoms with E-state index in [-0.39, 0.29) is 18.4 Å². The molecule has 6 nitrogen and oxygen atoms in total. The summed E-state index contributed by atoms with van der Waals surface area (Å²) < 4.78 is 41.3. The van der Waals surface area contributed by atoms with Crippen molar-refractivity contribution >= 4 is 22.9 Å². The molecular formula is C17H16F3N5OS. The topological polar surface area (TPSA) is 87.4 Å². The zero-order chi connectivity index (χ0) is 19.2. The predicted molar refractivity (Wildman–Crippen MR) is 97.5 cm³/mol. The maximum atomic E-state index is 14.6. The highest BCUT2D eigenvalue weighted by Crippen LogP contribution is 2.46. The third kappa shape index (κ3) is 2.88. The molecule has 2 aliphatic heterocycles. The van der Waals surface area contributed by atoms with Gasteiger partial charge in [0.15, 0.2) is 5.17 Å². The summed E-state index contributed by atoms with van der Waals surface area (Å²) in [6.45, 7) is -0.627. The van der Waals surface area contributed by atoms with E-state index in [1.807, 2.05) is 0 Å². The van der Waals surface area contributed by atoms with Crippen molar-refractivity contribution in [3.05, 3.63) is 57.5 Å². The number of aromatic nitrogens is 2. The van der Waals surface area contributed by atoms with E-state index in [9.17, 15) is 18.0 Å². The third-order valence-electron chi connectivity index (χ3n) is 4.98. The Morgan fingerprint density at radius 3 is 2.89 bits per heavy atom. The number of hydrogen-bond acceptors (Lipinski definition) is 6. The van der Waals surface area contributed by atoms with Crippen LogP contribution in [-0.2, 0) is 12.2 Å². The van der Waals surface area contributed by atoms with E-state index < -0.39 is 35.1 Å². The van der Waals surface area contributed by atoms with Gasteiger partial charge in [-0.3, -0.25) is 9.78 Å². The van der Waals surface area contributed by atoms with Crippen LogP contribution in [0.2, 0.25) is 0 Å². The highest BCUT2D eigenvalue weighted by molar-refractivity contribution is 8.13. The van der Waals surface area contributed by atoms with Crippen molar-refractivity contribution in [2.75, 3.05) is 23.7 Å². The molecule has 10 heteroatoms. The van der Waals surface area contributed by atoms with Gasteiger partial charge >= 0.3 is 0 Å². The van der Waals surface area contributed by atoms with Crippen LogP contribution in [0.25, 0.3) is 0 Å². The fraction of sp³-hybridized carbons (Fsp3) is 0.353. The Balaban J connectivity index is 1.80. The Labute approximate surface area is 156 Å². The first-order chi connectivity index (χ1) is 12.9. The van der Waals surface area contributed by atoms with Gasteiger partial charge in [0.1, 0.15) is 23.7 Å². The summed E-state index contributed by atoms with van der Waals surface area (Å²) in [5, 5.41) is 0.348. The molecule has 0 radical (unpaired) electrons. The monoisotopic (exact) mass is 395 g/mol. The standard InChI is InChI=1S/C17H16F3N5OS/c18-5-12-13(20)14(26)23-16(22-12)25-6-9-7-27-15(21)24-17(9,8-25)10-3-1-2-4-11(10)19/h1-4,9H,5-8H2,(H2,21,24)(H,22,23,26). The summed E-state index contributed by atoms with van der Waals surface area (Å²) in [7, 11) is 0. The van der Waals surface area contributed by atoms with Gasteiger partial charge in [-0.1, -0.05) is 30.0 Å². The van der Waals surface area contributed by atoms with Crippen LogP contribution in [0, 0.1) is 17.6 Å². The minimum Gasteiger partial charge on any atom is -0.379 e.